The second kappa shape index (κ2) is 6.25. The van der Waals surface area contributed by atoms with Crippen molar-refractivity contribution >= 4 is 5.69 Å². The fraction of sp³-hybridized carbons (Fsp3) is 0.143. The van der Waals surface area contributed by atoms with Crippen molar-refractivity contribution in [3.05, 3.63) is 42.2 Å². The number of methoxy groups -OCH3 is 1. The van der Waals surface area contributed by atoms with Gasteiger partial charge in [0.2, 0.25) is 0 Å². The summed E-state index contributed by atoms with van der Waals surface area (Å²) in [6.07, 6.45) is 0. The summed E-state index contributed by atoms with van der Waals surface area (Å²) in [4.78, 5) is 0. The summed E-state index contributed by atoms with van der Waals surface area (Å²) in [5, 5.41) is 0. The number of alkyl halides is 2. The molecule has 0 saturated heterocycles. The van der Waals surface area contributed by atoms with Gasteiger partial charge in [-0.25, -0.2) is 4.39 Å². The Bertz CT molecular complexity index is 618. The first-order chi connectivity index (χ1) is 9.99. The minimum atomic E-state index is -3.14. The Morgan fingerprint density at radius 1 is 1.00 bits per heavy atom. The number of benzene rings is 2. The Balaban J connectivity index is 2.25. The SMILES string of the molecule is COc1ccc(Oc2cc(OC(F)F)c(F)cc2N)cc1. The van der Waals surface area contributed by atoms with Crippen LogP contribution in [-0.2, 0) is 0 Å². The fourth-order valence-electron chi connectivity index (χ4n) is 1.60. The van der Waals surface area contributed by atoms with Crippen molar-refractivity contribution in [2.24, 2.45) is 0 Å². The number of hydrogen-bond acceptors (Lipinski definition) is 4. The molecule has 0 saturated carbocycles. The molecular weight excluding hydrogens is 287 g/mol. The summed E-state index contributed by atoms with van der Waals surface area (Å²) in [7, 11) is 1.52. The number of nitrogens with two attached hydrogens (primary N) is 1. The number of rotatable bonds is 5. The number of nitrogen functional groups attached to an aromatic ring is 1. The van der Waals surface area contributed by atoms with Crippen LogP contribution in [0.5, 0.6) is 23.0 Å². The number of ether oxygens (including phenoxy) is 3. The van der Waals surface area contributed by atoms with E-state index in [0.29, 0.717) is 11.5 Å². The van der Waals surface area contributed by atoms with E-state index >= 15 is 0 Å². The first-order valence-corrected chi connectivity index (χ1v) is 5.85. The Labute approximate surface area is 118 Å². The van der Waals surface area contributed by atoms with E-state index in [2.05, 4.69) is 4.74 Å². The van der Waals surface area contributed by atoms with Gasteiger partial charge in [0, 0.05) is 12.1 Å². The molecule has 2 N–H and O–H groups in total. The Morgan fingerprint density at radius 3 is 2.19 bits per heavy atom. The van der Waals surface area contributed by atoms with Crippen LogP contribution < -0.4 is 19.9 Å². The zero-order valence-corrected chi connectivity index (χ0v) is 11.0. The molecular formula is C14H12F3NO3. The van der Waals surface area contributed by atoms with Crippen molar-refractivity contribution in [1.29, 1.82) is 0 Å². The Hall–Kier alpha value is -2.57. The standard InChI is InChI=1S/C14H12F3NO3/c1-19-8-2-4-9(5-3-8)20-13-7-12(21-14(16)17)10(15)6-11(13)18/h2-7,14H,18H2,1H3. The average Bonchev–Trinajstić information content (AvgIpc) is 2.44. The summed E-state index contributed by atoms with van der Waals surface area (Å²) in [5.41, 5.74) is 5.56. The van der Waals surface area contributed by atoms with Crippen LogP contribution in [0.3, 0.4) is 0 Å². The first-order valence-electron chi connectivity index (χ1n) is 5.85. The minimum absolute atomic E-state index is 0.0113. The van der Waals surface area contributed by atoms with Gasteiger partial charge >= 0.3 is 6.61 Å². The predicted octanol–water partition coefficient (Wildman–Crippen LogP) is 3.81. The molecule has 2 aromatic carbocycles. The second-order valence-electron chi connectivity index (χ2n) is 3.98. The first kappa shape index (κ1) is 14.8. The third-order valence-corrected chi connectivity index (χ3v) is 2.57. The van der Waals surface area contributed by atoms with Gasteiger partial charge in [0.25, 0.3) is 0 Å². The Kier molecular flexibility index (Phi) is 4.42. The van der Waals surface area contributed by atoms with Crippen LogP contribution in [0.15, 0.2) is 36.4 Å². The maximum atomic E-state index is 13.4. The molecule has 0 amide bonds. The van der Waals surface area contributed by atoms with Crippen LogP contribution in [0.1, 0.15) is 0 Å². The molecule has 0 fully saturated rings. The molecule has 4 nitrogen and oxygen atoms in total. The quantitative estimate of drug-likeness (QED) is 0.853. The zero-order valence-electron chi connectivity index (χ0n) is 11.0. The lowest BCUT2D eigenvalue weighted by molar-refractivity contribution is -0.0522. The monoisotopic (exact) mass is 299 g/mol. The van der Waals surface area contributed by atoms with Gasteiger partial charge in [-0.3, -0.25) is 0 Å². The van der Waals surface area contributed by atoms with Crippen molar-refractivity contribution in [1.82, 2.24) is 0 Å². The van der Waals surface area contributed by atoms with Gasteiger partial charge in [-0.1, -0.05) is 0 Å². The van der Waals surface area contributed by atoms with E-state index < -0.39 is 18.2 Å². The highest BCUT2D eigenvalue weighted by atomic mass is 19.3. The van der Waals surface area contributed by atoms with Crippen LogP contribution >= 0.6 is 0 Å². The predicted molar refractivity (Wildman–Crippen MR) is 70.5 cm³/mol. The third kappa shape index (κ3) is 3.71. The van der Waals surface area contributed by atoms with Crippen LogP contribution in [-0.4, -0.2) is 13.7 Å². The highest BCUT2D eigenvalue weighted by molar-refractivity contribution is 5.57. The summed E-state index contributed by atoms with van der Waals surface area (Å²) in [6, 6.07) is 8.30. The van der Waals surface area contributed by atoms with E-state index in [-0.39, 0.29) is 11.4 Å². The van der Waals surface area contributed by atoms with Crippen LogP contribution in [0, 0.1) is 5.82 Å². The molecule has 0 aromatic heterocycles. The second-order valence-corrected chi connectivity index (χ2v) is 3.98. The van der Waals surface area contributed by atoms with Gasteiger partial charge in [0.15, 0.2) is 17.3 Å². The summed E-state index contributed by atoms with van der Waals surface area (Å²) in [5.74, 6) is -0.608. The number of hydrogen-bond donors (Lipinski definition) is 1. The van der Waals surface area contributed by atoms with Gasteiger partial charge in [-0.15, -0.1) is 0 Å². The van der Waals surface area contributed by atoms with Crippen molar-refractivity contribution in [2.45, 2.75) is 6.61 Å². The number of halogens is 3. The lowest BCUT2D eigenvalue weighted by Crippen LogP contribution is -2.05. The smallest absolute Gasteiger partial charge is 0.387 e. The molecule has 0 radical (unpaired) electrons. The van der Waals surface area contributed by atoms with E-state index in [0.717, 1.165) is 12.1 Å². The van der Waals surface area contributed by atoms with E-state index in [1.165, 1.54) is 7.11 Å². The van der Waals surface area contributed by atoms with E-state index in [1.807, 2.05) is 0 Å². The molecule has 2 aromatic rings. The fourth-order valence-corrected chi connectivity index (χ4v) is 1.60. The molecule has 0 aliphatic rings. The van der Waals surface area contributed by atoms with Crippen molar-refractivity contribution < 1.29 is 27.4 Å². The lowest BCUT2D eigenvalue weighted by Gasteiger charge is -2.12. The van der Waals surface area contributed by atoms with Gasteiger partial charge < -0.3 is 19.9 Å². The average molecular weight is 299 g/mol. The number of anilines is 1. The summed E-state index contributed by atoms with van der Waals surface area (Å²) < 4.78 is 52.2. The molecule has 0 aliphatic heterocycles. The maximum Gasteiger partial charge on any atom is 0.387 e. The minimum Gasteiger partial charge on any atom is -0.497 e. The topological polar surface area (TPSA) is 53.7 Å². The van der Waals surface area contributed by atoms with Crippen LogP contribution in [0.4, 0.5) is 18.9 Å². The van der Waals surface area contributed by atoms with Crippen molar-refractivity contribution in [2.75, 3.05) is 12.8 Å². The van der Waals surface area contributed by atoms with Crippen molar-refractivity contribution in [3.63, 3.8) is 0 Å². The van der Waals surface area contributed by atoms with Gasteiger partial charge in [0.1, 0.15) is 11.5 Å². The van der Waals surface area contributed by atoms with Crippen LogP contribution in [0.2, 0.25) is 0 Å². The molecule has 2 rings (SSSR count). The molecule has 0 spiro atoms. The molecule has 0 atom stereocenters. The normalized spacial score (nSPS) is 10.5. The molecule has 112 valence electrons. The molecule has 0 heterocycles. The molecule has 21 heavy (non-hydrogen) atoms. The van der Waals surface area contributed by atoms with Gasteiger partial charge in [0.05, 0.1) is 12.8 Å². The highest BCUT2D eigenvalue weighted by Gasteiger charge is 2.14. The zero-order chi connectivity index (χ0) is 15.4. The van der Waals surface area contributed by atoms with E-state index in [9.17, 15) is 13.2 Å². The lowest BCUT2D eigenvalue weighted by atomic mass is 10.2. The Morgan fingerprint density at radius 2 is 1.62 bits per heavy atom. The van der Waals surface area contributed by atoms with E-state index in [4.69, 9.17) is 15.2 Å². The molecule has 7 heteroatoms. The largest absolute Gasteiger partial charge is 0.497 e. The maximum absolute atomic E-state index is 13.4. The summed E-state index contributed by atoms with van der Waals surface area (Å²) >= 11 is 0. The third-order valence-electron chi connectivity index (χ3n) is 2.57. The van der Waals surface area contributed by atoms with E-state index in [1.54, 1.807) is 24.3 Å². The molecule has 0 aliphatic carbocycles. The van der Waals surface area contributed by atoms with Gasteiger partial charge in [-0.05, 0) is 24.3 Å². The van der Waals surface area contributed by atoms with Crippen LogP contribution in [0.25, 0.3) is 0 Å². The summed E-state index contributed by atoms with van der Waals surface area (Å²) in [6.45, 7) is -3.14. The van der Waals surface area contributed by atoms with Crippen molar-refractivity contribution in [3.8, 4) is 23.0 Å². The van der Waals surface area contributed by atoms with Gasteiger partial charge in [-0.2, -0.15) is 8.78 Å². The molecule has 0 unspecified atom stereocenters. The molecule has 0 bridgehead atoms. The highest BCUT2D eigenvalue weighted by Crippen LogP contribution is 2.34.